The Morgan fingerprint density at radius 1 is 1.35 bits per heavy atom. The number of fused-ring (bicyclic) bond motifs is 4. The number of non-ortho nitro benzene ring substituents is 1. The van der Waals surface area contributed by atoms with Crippen molar-refractivity contribution in [3.05, 3.63) is 63.2 Å². The number of hydrogen-bond donors (Lipinski definition) is 1. The highest BCUT2D eigenvalue weighted by Crippen LogP contribution is 2.49. The third-order valence-corrected chi connectivity index (χ3v) is 5.73. The van der Waals surface area contributed by atoms with Gasteiger partial charge in [0.25, 0.3) is 5.69 Å². The lowest BCUT2D eigenvalue weighted by Crippen LogP contribution is -2.69. The maximum Gasteiger partial charge on any atom is 0.270 e. The lowest BCUT2D eigenvalue weighted by Gasteiger charge is -2.56. The third-order valence-electron chi connectivity index (χ3n) is 5.19. The molecule has 2 aliphatic rings. The third kappa shape index (κ3) is 2.42. The van der Waals surface area contributed by atoms with E-state index in [-0.39, 0.29) is 17.6 Å². The first-order valence-corrected chi connectivity index (χ1v) is 8.93. The van der Waals surface area contributed by atoms with Crippen LogP contribution < -0.4 is 15.0 Å². The predicted octanol–water partition coefficient (Wildman–Crippen LogP) is 4.43. The van der Waals surface area contributed by atoms with E-state index in [0.29, 0.717) is 15.9 Å². The SMILES string of the molecule is C[C@H]1[C@H]2NC(=S)N(c3cccc(Cl)c3)[C@@]1(C)Oc1ccc([N+](=O)[O-])cc12. The maximum atomic E-state index is 11.1. The van der Waals surface area contributed by atoms with Gasteiger partial charge in [0.1, 0.15) is 5.75 Å². The van der Waals surface area contributed by atoms with Crippen molar-refractivity contribution in [3.63, 3.8) is 0 Å². The molecule has 1 saturated heterocycles. The fraction of sp³-hybridized carbons (Fsp3) is 0.278. The number of nitrogens with one attached hydrogen (secondary N) is 1. The molecule has 0 unspecified atom stereocenters. The summed E-state index contributed by atoms with van der Waals surface area (Å²) in [6.45, 7) is 4.02. The molecule has 0 amide bonds. The molecule has 2 bridgehead atoms. The zero-order valence-corrected chi connectivity index (χ0v) is 15.7. The topological polar surface area (TPSA) is 67.6 Å². The van der Waals surface area contributed by atoms with E-state index in [1.807, 2.05) is 36.9 Å². The normalized spacial score (nSPS) is 26.6. The average Bonchev–Trinajstić information content (AvgIpc) is 2.57. The molecule has 134 valence electrons. The van der Waals surface area contributed by atoms with E-state index in [2.05, 4.69) is 5.32 Å². The van der Waals surface area contributed by atoms with E-state index in [4.69, 9.17) is 28.6 Å². The number of ether oxygens (including phenoxy) is 1. The van der Waals surface area contributed by atoms with Gasteiger partial charge in [0.05, 0.1) is 11.0 Å². The van der Waals surface area contributed by atoms with Gasteiger partial charge in [-0.15, -0.1) is 0 Å². The van der Waals surface area contributed by atoms with Gasteiger partial charge in [-0.05, 0) is 43.4 Å². The van der Waals surface area contributed by atoms with Gasteiger partial charge in [0.2, 0.25) is 0 Å². The summed E-state index contributed by atoms with van der Waals surface area (Å²) in [6.07, 6.45) is 0. The van der Waals surface area contributed by atoms with Gasteiger partial charge < -0.3 is 10.1 Å². The molecule has 26 heavy (non-hydrogen) atoms. The summed E-state index contributed by atoms with van der Waals surface area (Å²) in [5, 5.41) is 15.6. The predicted molar refractivity (Wildman–Crippen MR) is 104 cm³/mol. The Kier molecular flexibility index (Phi) is 3.82. The molecule has 2 heterocycles. The number of nitrogens with zero attached hydrogens (tertiary/aromatic N) is 2. The van der Waals surface area contributed by atoms with Crippen LogP contribution in [0.25, 0.3) is 0 Å². The highest BCUT2D eigenvalue weighted by Gasteiger charge is 2.54. The second kappa shape index (κ2) is 5.82. The van der Waals surface area contributed by atoms with Crippen molar-refractivity contribution in [2.45, 2.75) is 25.6 Å². The molecular weight excluding hydrogens is 374 g/mol. The number of nitro groups is 1. The van der Waals surface area contributed by atoms with Crippen LogP contribution in [0.3, 0.4) is 0 Å². The number of anilines is 1. The Labute approximate surface area is 160 Å². The number of nitro benzene ring substituents is 1. The maximum absolute atomic E-state index is 11.1. The Balaban J connectivity index is 1.84. The molecule has 1 N–H and O–H groups in total. The second-order valence-corrected chi connectivity index (χ2v) is 7.49. The van der Waals surface area contributed by atoms with Gasteiger partial charge >= 0.3 is 0 Å². The lowest BCUT2D eigenvalue weighted by molar-refractivity contribution is -0.385. The zero-order valence-electron chi connectivity index (χ0n) is 14.1. The number of hydrogen-bond acceptors (Lipinski definition) is 4. The summed E-state index contributed by atoms with van der Waals surface area (Å²) in [6, 6.07) is 11.9. The number of thiocarbonyl (C=S) groups is 1. The van der Waals surface area contributed by atoms with Crippen molar-refractivity contribution in [3.8, 4) is 5.75 Å². The molecule has 2 aromatic carbocycles. The summed E-state index contributed by atoms with van der Waals surface area (Å²) in [5.41, 5.74) is 0.861. The quantitative estimate of drug-likeness (QED) is 0.465. The monoisotopic (exact) mass is 389 g/mol. The van der Waals surface area contributed by atoms with Gasteiger partial charge in [0.15, 0.2) is 10.8 Å². The van der Waals surface area contributed by atoms with Crippen molar-refractivity contribution in [2.24, 2.45) is 5.92 Å². The highest BCUT2D eigenvalue weighted by molar-refractivity contribution is 7.80. The van der Waals surface area contributed by atoms with Crippen LogP contribution in [0.4, 0.5) is 11.4 Å². The van der Waals surface area contributed by atoms with Crippen LogP contribution in [0, 0.1) is 16.0 Å². The Hall–Kier alpha value is -2.38. The van der Waals surface area contributed by atoms with Crippen molar-refractivity contribution < 1.29 is 9.66 Å². The fourth-order valence-electron chi connectivity index (χ4n) is 3.72. The number of rotatable bonds is 2. The molecule has 0 aromatic heterocycles. The first-order valence-electron chi connectivity index (χ1n) is 8.15. The van der Waals surface area contributed by atoms with Crippen LogP contribution >= 0.6 is 23.8 Å². The first-order chi connectivity index (χ1) is 12.3. The Bertz CT molecular complexity index is 938. The molecular formula is C18H16ClN3O3S. The van der Waals surface area contributed by atoms with Crippen LogP contribution in [0.5, 0.6) is 5.75 Å². The van der Waals surface area contributed by atoms with Gasteiger partial charge in [-0.3, -0.25) is 15.0 Å². The molecule has 0 aliphatic carbocycles. The smallest absolute Gasteiger partial charge is 0.270 e. The minimum Gasteiger partial charge on any atom is -0.467 e. The van der Waals surface area contributed by atoms with E-state index < -0.39 is 10.6 Å². The van der Waals surface area contributed by atoms with E-state index in [1.54, 1.807) is 18.2 Å². The average molecular weight is 390 g/mol. The van der Waals surface area contributed by atoms with Crippen molar-refractivity contribution in [1.29, 1.82) is 0 Å². The summed E-state index contributed by atoms with van der Waals surface area (Å²) < 4.78 is 6.35. The van der Waals surface area contributed by atoms with E-state index >= 15 is 0 Å². The van der Waals surface area contributed by atoms with Crippen LogP contribution in [0.2, 0.25) is 5.02 Å². The second-order valence-electron chi connectivity index (χ2n) is 6.67. The Morgan fingerprint density at radius 3 is 2.81 bits per heavy atom. The first kappa shape index (κ1) is 17.1. The molecule has 0 spiro atoms. The van der Waals surface area contributed by atoms with Crippen LogP contribution in [-0.4, -0.2) is 15.8 Å². The van der Waals surface area contributed by atoms with E-state index in [9.17, 15) is 10.1 Å². The van der Waals surface area contributed by atoms with Crippen molar-refractivity contribution in [2.75, 3.05) is 4.90 Å². The van der Waals surface area contributed by atoms with E-state index in [1.165, 1.54) is 6.07 Å². The van der Waals surface area contributed by atoms with Crippen molar-refractivity contribution in [1.82, 2.24) is 5.32 Å². The van der Waals surface area contributed by atoms with Gasteiger partial charge in [-0.1, -0.05) is 24.6 Å². The highest BCUT2D eigenvalue weighted by atomic mass is 35.5. The molecule has 2 aliphatic heterocycles. The van der Waals surface area contributed by atoms with Gasteiger partial charge in [-0.25, -0.2) is 0 Å². The standard InChI is InChI=1S/C18H16ClN3O3S/c1-10-16-14-9-13(22(23)24)6-7-15(14)25-18(10,2)21(17(26)20-16)12-5-3-4-11(19)8-12/h3-10,16H,1-2H3,(H,20,26)/t10-,16+,18-/m0/s1. The lowest BCUT2D eigenvalue weighted by atomic mass is 9.80. The summed E-state index contributed by atoms with van der Waals surface area (Å²) in [7, 11) is 0. The number of halogens is 1. The molecule has 3 atom stereocenters. The molecule has 4 rings (SSSR count). The largest absolute Gasteiger partial charge is 0.467 e. The fourth-order valence-corrected chi connectivity index (χ4v) is 4.32. The van der Waals surface area contributed by atoms with Crippen LogP contribution in [0.1, 0.15) is 25.5 Å². The summed E-state index contributed by atoms with van der Waals surface area (Å²) in [4.78, 5) is 12.6. The molecule has 2 aromatic rings. The van der Waals surface area contributed by atoms with Crippen LogP contribution in [0.15, 0.2) is 42.5 Å². The van der Waals surface area contributed by atoms with E-state index in [0.717, 1.165) is 11.3 Å². The summed E-state index contributed by atoms with van der Waals surface area (Å²) in [5.74, 6) is 0.589. The number of benzene rings is 2. The minimum absolute atomic E-state index is 0.0253. The van der Waals surface area contributed by atoms with Gasteiger partial charge in [0, 0.05) is 34.3 Å². The molecule has 8 heteroatoms. The molecule has 6 nitrogen and oxygen atoms in total. The molecule has 0 radical (unpaired) electrons. The Morgan fingerprint density at radius 2 is 2.12 bits per heavy atom. The summed E-state index contributed by atoms with van der Waals surface area (Å²) >= 11 is 11.8. The molecule has 1 fully saturated rings. The molecule has 0 saturated carbocycles. The zero-order chi connectivity index (χ0) is 18.6. The van der Waals surface area contributed by atoms with Crippen LogP contribution in [-0.2, 0) is 0 Å². The van der Waals surface area contributed by atoms with Gasteiger partial charge in [-0.2, -0.15) is 0 Å². The van der Waals surface area contributed by atoms with Crippen molar-refractivity contribution >= 4 is 40.3 Å². The minimum atomic E-state index is -0.749.